The van der Waals surface area contributed by atoms with Gasteiger partial charge in [-0.25, -0.2) is 4.98 Å². The smallest absolute Gasteiger partial charge is 0.398 e. The van der Waals surface area contributed by atoms with E-state index in [2.05, 4.69) is 21.9 Å². The van der Waals surface area contributed by atoms with Crippen LogP contribution >= 0.6 is 0 Å². The molecule has 0 aromatic carbocycles. The molecule has 0 radical (unpaired) electrons. The van der Waals surface area contributed by atoms with Gasteiger partial charge in [0.1, 0.15) is 12.4 Å². The number of aromatic nitrogens is 3. The van der Waals surface area contributed by atoms with Crippen molar-refractivity contribution < 1.29 is 13.2 Å². The largest absolute Gasteiger partial charge is 0.408 e. The first kappa shape index (κ1) is 13.7. The van der Waals surface area contributed by atoms with Crippen molar-refractivity contribution in [1.82, 2.24) is 14.8 Å². The summed E-state index contributed by atoms with van der Waals surface area (Å²) >= 11 is 0. The Balaban J connectivity index is 2.17. The number of nitrogens with zero attached hydrogens (tertiary/aromatic N) is 3. The van der Waals surface area contributed by atoms with E-state index in [0.29, 0.717) is 16.8 Å². The quantitative estimate of drug-likeness (QED) is 0.774. The monoisotopic (exact) mass is 281 g/mol. The van der Waals surface area contributed by atoms with Crippen LogP contribution in [0.3, 0.4) is 0 Å². The molecule has 2 aromatic heterocycles. The predicted molar refractivity (Wildman–Crippen MR) is 67.3 cm³/mol. The molecule has 0 bridgehead atoms. The zero-order valence-electron chi connectivity index (χ0n) is 10.1. The van der Waals surface area contributed by atoms with Crippen LogP contribution in [0.15, 0.2) is 24.7 Å². The minimum Gasteiger partial charge on any atom is -0.398 e. The summed E-state index contributed by atoms with van der Waals surface area (Å²) < 4.78 is 37.2. The Hall–Kier alpha value is -2.69. The predicted octanol–water partition coefficient (Wildman–Crippen LogP) is 1.40. The summed E-state index contributed by atoms with van der Waals surface area (Å²) in [6.45, 7) is -1.15. The summed E-state index contributed by atoms with van der Waals surface area (Å²) in [5.74, 6) is 5.64. The van der Waals surface area contributed by atoms with Crippen LogP contribution in [0, 0.1) is 11.8 Å². The van der Waals surface area contributed by atoms with Crippen molar-refractivity contribution in [3.8, 4) is 11.8 Å². The second kappa shape index (κ2) is 5.13. The maximum absolute atomic E-state index is 12.2. The van der Waals surface area contributed by atoms with E-state index in [1.165, 1.54) is 24.7 Å². The van der Waals surface area contributed by atoms with Gasteiger partial charge in [-0.3, -0.25) is 4.68 Å². The standard InChI is InChI=1S/C12H10F3N5/c13-12(14,15)7-20-6-8(4-19-20)1-2-9-5-18-11(17)3-10(9)16/h3-6H,7H2,(H4,16,17,18). The third-order valence-corrected chi connectivity index (χ3v) is 2.27. The molecule has 104 valence electrons. The molecule has 2 heterocycles. The Morgan fingerprint density at radius 2 is 1.95 bits per heavy atom. The van der Waals surface area contributed by atoms with Gasteiger partial charge < -0.3 is 11.5 Å². The highest BCUT2D eigenvalue weighted by Gasteiger charge is 2.28. The van der Waals surface area contributed by atoms with Gasteiger partial charge in [-0.2, -0.15) is 18.3 Å². The number of anilines is 2. The number of nitrogen functional groups attached to an aromatic ring is 2. The zero-order chi connectivity index (χ0) is 14.8. The van der Waals surface area contributed by atoms with Crippen LogP contribution < -0.4 is 11.5 Å². The van der Waals surface area contributed by atoms with Crippen molar-refractivity contribution in [3.05, 3.63) is 35.8 Å². The lowest BCUT2D eigenvalue weighted by Gasteiger charge is -2.04. The second-order valence-electron chi connectivity index (χ2n) is 3.99. The molecule has 8 heteroatoms. The number of hydrogen-bond acceptors (Lipinski definition) is 4. The SMILES string of the molecule is Nc1cc(N)c(C#Cc2cnn(CC(F)(F)F)c2)cn1. The Morgan fingerprint density at radius 3 is 2.60 bits per heavy atom. The summed E-state index contributed by atoms with van der Waals surface area (Å²) in [6, 6.07) is 1.46. The van der Waals surface area contributed by atoms with E-state index in [4.69, 9.17) is 11.5 Å². The van der Waals surface area contributed by atoms with Crippen molar-refractivity contribution in [1.29, 1.82) is 0 Å². The third kappa shape index (κ3) is 3.65. The number of alkyl halides is 3. The van der Waals surface area contributed by atoms with Gasteiger partial charge in [0.05, 0.1) is 23.0 Å². The van der Waals surface area contributed by atoms with Gasteiger partial charge in [0.2, 0.25) is 0 Å². The second-order valence-corrected chi connectivity index (χ2v) is 3.99. The van der Waals surface area contributed by atoms with E-state index in [0.717, 1.165) is 4.68 Å². The van der Waals surface area contributed by atoms with Gasteiger partial charge in [0, 0.05) is 18.5 Å². The van der Waals surface area contributed by atoms with Gasteiger partial charge in [-0.15, -0.1) is 0 Å². The molecule has 2 aromatic rings. The lowest BCUT2D eigenvalue weighted by atomic mass is 10.2. The van der Waals surface area contributed by atoms with Crippen LogP contribution in [0.1, 0.15) is 11.1 Å². The van der Waals surface area contributed by atoms with Crippen LogP contribution in [0.2, 0.25) is 0 Å². The molecular formula is C12H10F3N5. The molecule has 0 spiro atoms. The van der Waals surface area contributed by atoms with Crippen molar-refractivity contribution in [2.24, 2.45) is 0 Å². The van der Waals surface area contributed by atoms with Crippen LogP contribution in [0.25, 0.3) is 0 Å². The number of nitrogens with two attached hydrogens (primary N) is 2. The number of hydrogen-bond donors (Lipinski definition) is 2. The Kier molecular flexibility index (Phi) is 3.52. The first-order valence-electron chi connectivity index (χ1n) is 5.46. The summed E-state index contributed by atoms with van der Waals surface area (Å²) in [6.07, 6.45) is -0.457. The number of rotatable bonds is 1. The van der Waals surface area contributed by atoms with Crippen molar-refractivity contribution in [2.45, 2.75) is 12.7 Å². The van der Waals surface area contributed by atoms with Crippen LogP contribution in [-0.4, -0.2) is 20.9 Å². The number of halogens is 3. The van der Waals surface area contributed by atoms with Crippen LogP contribution in [0.5, 0.6) is 0 Å². The highest BCUT2D eigenvalue weighted by atomic mass is 19.4. The summed E-state index contributed by atoms with van der Waals surface area (Å²) in [4.78, 5) is 3.83. The molecule has 0 atom stereocenters. The molecule has 0 saturated heterocycles. The molecule has 0 aliphatic rings. The van der Waals surface area contributed by atoms with Gasteiger partial charge >= 0.3 is 6.18 Å². The van der Waals surface area contributed by atoms with Crippen LogP contribution in [-0.2, 0) is 6.54 Å². The molecule has 0 amide bonds. The Morgan fingerprint density at radius 1 is 1.20 bits per heavy atom. The van der Waals surface area contributed by atoms with E-state index in [-0.39, 0.29) is 5.82 Å². The number of pyridine rings is 1. The van der Waals surface area contributed by atoms with Crippen molar-refractivity contribution in [2.75, 3.05) is 11.5 Å². The highest BCUT2D eigenvalue weighted by Crippen LogP contribution is 2.17. The minimum absolute atomic E-state index is 0.269. The molecule has 0 fully saturated rings. The molecule has 5 nitrogen and oxygen atoms in total. The molecule has 2 rings (SSSR count). The molecular weight excluding hydrogens is 271 g/mol. The average Bonchev–Trinajstić information content (AvgIpc) is 2.73. The van der Waals surface area contributed by atoms with Gasteiger partial charge in [-0.1, -0.05) is 11.8 Å². The lowest BCUT2D eigenvalue weighted by molar-refractivity contribution is -0.142. The molecule has 4 N–H and O–H groups in total. The molecule has 0 aliphatic heterocycles. The molecule has 20 heavy (non-hydrogen) atoms. The average molecular weight is 281 g/mol. The minimum atomic E-state index is -4.32. The Labute approximate surface area is 112 Å². The fourth-order valence-electron chi connectivity index (χ4n) is 1.43. The van der Waals surface area contributed by atoms with E-state index >= 15 is 0 Å². The molecule has 0 saturated carbocycles. The summed E-state index contributed by atoms with van der Waals surface area (Å²) in [7, 11) is 0. The molecule has 0 aliphatic carbocycles. The maximum atomic E-state index is 12.2. The van der Waals surface area contributed by atoms with E-state index in [9.17, 15) is 13.2 Å². The first-order chi connectivity index (χ1) is 9.33. The van der Waals surface area contributed by atoms with Crippen molar-refractivity contribution >= 4 is 11.5 Å². The first-order valence-corrected chi connectivity index (χ1v) is 5.46. The topological polar surface area (TPSA) is 82.8 Å². The maximum Gasteiger partial charge on any atom is 0.408 e. The van der Waals surface area contributed by atoms with E-state index in [1.54, 1.807) is 0 Å². The van der Waals surface area contributed by atoms with E-state index < -0.39 is 12.7 Å². The fourth-order valence-corrected chi connectivity index (χ4v) is 1.43. The lowest BCUT2D eigenvalue weighted by Crippen LogP contribution is -2.17. The Bertz CT molecular complexity index is 678. The highest BCUT2D eigenvalue weighted by molar-refractivity contribution is 5.59. The third-order valence-electron chi connectivity index (χ3n) is 2.27. The van der Waals surface area contributed by atoms with Crippen molar-refractivity contribution in [3.63, 3.8) is 0 Å². The molecule has 0 unspecified atom stereocenters. The normalized spacial score (nSPS) is 10.9. The van der Waals surface area contributed by atoms with Gasteiger partial charge in [-0.05, 0) is 0 Å². The van der Waals surface area contributed by atoms with Gasteiger partial charge in [0.25, 0.3) is 0 Å². The zero-order valence-corrected chi connectivity index (χ0v) is 10.1. The van der Waals surface area contributed by atoms with Crippen LogP contribution in [0.4, 0.5) is 24.7 Å². The van der Waals surface area contributed by atoms with E-state index in [1.807, 2.05) is 0 Å². The van der Waals surface area contributed by atoms with Gasteiger partial charge in [0.15, 0.2) is 0 Å². The summed E-state index contributed by atoms with van der Waals surface area (Å²) in [5, 5.41) is 3.58. The fraction of sp³-hybridized carbons (Fsp3) is 0.167. The summed E-state index contributed by atoms with van der Waals surface area (Å²) in [5.41, 5.74) is 12.3.